The molecule has 10 heteroatoms. The zero-order valence-corrected chi connectivity index (χ0v) is 30.3. The minimum atomic E-state index is -1.35. The fourth-order valence-corrected chi connectivity index (χ4v) is 7.10. The van der Waals surface area contributed by atoms with E-state index in [1.165, 1.54) is 4.57 Å². The lowest BCUT2D eigenvalue weighted by atomic mass is 9.81. The van der Waals surface area contributed by atoms with Crippen LogP contribution in [0.2, 0.25) is 0 Å². The van der Waals surface area contributed by atoms with Crippen molar-refractivity contribution in [1.82, 2.24) is 19.3 Å². The molecule has 1 aliphatic heterocycles. The fraction of sp³-hybridized carbons (Fsp3) is 0.262. The first-order valence-corrected chi connectivity index (χ1v) is 17.5. The van der Waals surface area contributed by atoms with Gasteiger partial charge in [-0.1, -0.05) is 78.9 Å². The van der Waals surface area contributed by atoms with Gasteiger partial charge in [-0.3, -0.25) is 18.7 Å². The first-order valence-electron chi connectivity index (χ1n) is 17.5. The molecule has 3 heterocycles. The second-order valence-corrected chi connectivity index (χ2v) is 14.7. The fourth-order valence-electron chi connectivity index (χ4n) is 7.10. The molecule has 6 aromatic rings. The summed E-state index contributed by atoms with van der Waals surface area (Å²) in [5, 5.41) is 10.2. The molecule has 0 saturated carbocycles. The van der Waals surface area contributed by atoms with Gasteiger partial charge < -0.3 is 14.5 Å². The molecule has 2 aromatic heterocycles. The van der Waals surface area contributed by atoms with E-state index in [9.17, 15) is 9.59 Å². The SMILES string of the molecule is CC(C)N(C(=O)CN1C(=O)C(C)(Cc2cn(C(=O)OC(C)(C)C)c3ccccc23)c2nnc(-c3ccccc3)n2-c2ccccc21)c1ccccc1. The average molecular weight is 695 g/mol. The van der Waals surface area contributed by atoms with E-state index in [1.807, 2.05) is 155 Å². The van der Waals surface area contributed by atoms with Crippen molar-refractivity contribution < 1.29 is 19.1 Å². The molecule has 264 valence electrons. The van der Waals surface area contributed by atoms with E-state index >= 15 is 4.79 Å². The minimum Gasteiger partial charge on any atom is -0.443 e. The van der Waals surface area contributed by atoms with Gasteiger partial charge >= 0.3 is 6.09 Å². The van der Waals surface area contributed by atoms with Crippen molar-refractivity contribution in [1.29, 1.82) is 0 Å². The molecule has 0 saturated heterocycles. The largest absolute Gasteiger partial charge is 0.443 e. The summed E-state index contributed by atoms with van der Waals surface area (Å²) in [6.07, 6.45) is 1.39. The Morgan fingerprint density at radius 1 is 0.827 bits per heavy atom. The highest BCUT2D eigenvalue weighted by Crippen LogP contribution is 2.42. The average Bonchev–Trinajstić information content (AvgIpc) is 3.72. The number of hydrogen-bond acceptors (Lipinski definition) is 6. The predicted octanol–water partition coefficient (Wildman–Crippen LogP) is 7.96. The number of ether oxygens (including phenoxy) is 1. The first kappa shape index (κ1) is 34.4. The van der Waals surface area contributed by atoms with Crippen molar-refractivity contribution in [2.45, 2.75) is 65.0 Å². The van der Waals surface area contributed by atoms with Crippen LogP contribution in [0.25, 0.3) is 28.0 Å². The molecule has 7 rings (SSSR count). The molecular weight excluding hydrogens is 652 g/mol. The Morgan fingerprint density at radius 2 is 1.44 bits per heavy atom. The molecule has 0 radical (unpaired) electrons. The van der Waals surface area contributed by atoms with Crippen molar-refractivity contribution >= 4 is 40.2 Å². The summed E-state index contributed by atoms with van der Waals surface area (Å²) in [6, 6.07) is 34.2. The third-order valence-electron chi connectivity index (χ3n) is 9.36. The Labute approximate surface area is 303 Å². The second-order valence-electron chi connectivity index (χ2n) is 14.7. The monoisotopic (exact) mass is 694 g/mol. The van der Waals surface area contributed by atoms with E-state index in [0.717, 1.165) is 22.2 Å². The van der Waals surface area contributed by atoms with Gasteiger partial charge in [-0.2, -0.15) is 0 Å². The Hall–Kier alpha value is -6.03. The van der Waals surface area contributed by atoms with Gasteiger partial charge in [0.1, 0.15) is 17.6 Å². The molecule has 0 aliphatic carbocycles. The molecule has 4 aromatic carbocycles. The highest BCUT2D eigenvalue weighted by molar-refractivity contribution is 6.09. The molecule has 2 amide bonds. The number of anilines is 2. The van der Waals surface area contributed by atoms with Crippen molar-refractivity contribution in [3.05, 3.63) is 127 Å². The van der Waals surface area contributed by atoms with Crippen molar-refractivity contribution in [2.24, 2.45) is 0 Å². The van der Waals surface area contributed by atoms with Crippen LogP contribution in [0.4, 0.5) is 16.2 Å². The lowest BCUT2D eigenvalue weighted by molar-refractivity contribution is -0.126. The number of rotatable bonds is 7. The number of aromatic nitrogens is 4. The molecule has 52 heavy (non-hydrogen) atoms. The molecule has 0 fully saturated rings. The van der Waals surface area contributed by atoms with Gasteiger partial charge in [-0.05, 0) is 83.9 Å². The van der Waals surface area contributed by atoms with Gasteiger partial charge in [-0.15, -0.1) is 10.2 Å². The number of hydrogen-bond donors (Lipinski definition) is 0. The topological polar surface area (TPSA) is 103 Å². The van der Waals surface area contributed by atoms with Crippen LogP contribution in [0.5, 0.6) is 0 Å². The number of amides is 2. The Morgan fingerprint density at radius 3 is 2.12 bits per heavy atom. The van der Waals surface area contributed by atoms with Gasteiger partial charge in [0, 0.05) is 28.9 Å². The van der Waals surface area contributed by atoms with E-state index in [2.05, 4.69) is 5.10 Å². The van der Waals surface area contributed by atoms with E-state index < -0.39 is 17.1 Å². The summed E-state index contributed by atoms with van der Waals surface area (Å²) in [6.45, 7) is 11.0. The molecule has 1 aliphatic rings. The quantitative estimate of drug-likeness (QED) is 0.168. The smallest absolute Gasteiger partial charge is 0.419 e. The van der Waals surface area contributed by atoms with Crippen molar-refractivity contribution in [2.75, 3.05) is 16.3 Å². The van der Waals surface area contributed by atoms with Gasteiger partial charge in [-0.25, -0.2) is 4.79 Å². The van der Waals surface area contributed by atoms with Crippen molar-refractivity contribution in [3.63, 3.8) is 0 Å². The highest BCUT2D eigenvalue weighted by Gasteiger charge is 2.48. The highest BCUT2D eigenvalue weighted by atomic mass is 16.6. The maximum absolute atomic E-state index is 15.4. The number of fused-ring (bicyclic) bond motifs is 4. The van der Waals surface area contributed by atoms with E-state index in [4.69, 9.17) is 9.84 Å². The zero-order chi connectivity index (χ0) is 36.8. The van der Waals surface area contributed by atoms with Crippen LogP contribution in [0.15, 0.2) is 115 Å². The molecule has 0 bridgehead atoms. The third kappa shape index (κ3) is 6.14. The molecule has 1 unspecified atom stereocenters. The van der Waals surface area contributed by atoms with Crippen LogP contribution in [-0.4, -0.2) is 55.4 Å². The minimum absolute atomic E-state index is 0.153. The maximum atomic E-state index is 15.4. The third-order valence-corrected chi connectivity index (χ3v) is 9.36. The van der Waals surface area contributed by atoms with Crippen LogP contribution < -0.4 is 9.80 Å². The van der Waals surface area contributed by atoms with Crippen LogP contribution in [0.3, 0.4) is 0 Å². The van der Waals surface area contributed by atoms with Crippen LogP contribution in [0, 0.1) is 0 Å². The molecule has 10 nitrogen and oxygen atoms in total. The first-order chi connectivity index (χ1) is 24.9. The van der Waals surface area contributed by atoms with Gasteiger partial charge in [0.05, 0.1) is 16.9 Å². The van der Waals surface area contributed by atoms with Gasteiger partial charge in [0.2, 0.25) is 11.8 Å². The summed E-state index contributed by atoms with van der Waals surface area (Å²) in [5.74, 6) is 0.454. The lowest BCUT2D eigenvalue weighted by Crippen LogP contribution is -2.51. The maximum Gasteiger partial charge on any atom is 0.419 e. The summed E-state index contributed by atoms with van der Waals surface area (Å²) in [5.41, 5.74) is 2.17. The summed E-state index contributed by atoms with van der Waals surface area (Å²) in [7, 11) is 0. The van der Waals surface area contributed by atoms with Gasteiger partial charge in [0.15, 0.2) is 11.6 Å². The second kappa shape index (κ2) is 13.3. The van der Waals surface area contributed by atoms with Crippen molar-refractivity contribution in [3.8, 4) is 17.1 Å². The molecule has 0 spiro atoms. The standard InChI is InChI=1S/C42H42N6O4/c1-28(2)47(31-19-11-8-12-20-31)36(49)27-45-34-23-15-16-24-35(34)48-37(29-17-9-7-10-18-29)43-44-38(48)42(6,39(45)50)25-30-26-46(40(51)52-41(3,4)5)33-22-14-13-21-32(30)33/h7-24,26,28H,25,27H2,1-6H3. The molecule has 1 atom stereocenters. The zero-order valence-electron chi connectivity index (χ0n) is 30.3. The number of carbonyl (C=O) groups excluding carboxylic acids is 3. The number of para-hydroxylation sites is 4. The lowest BCUT2D eigenvalue weighted by Gasteiger charge is -2.34. The summed E-state index contributed by atoms with van der Waals surface area (Å²) < 4.78 is 9.21. The Balaban J connectivity index is 1.41. The number of nitrogens with zero attached hydrogens (tertiary/aromatic N) is 6. The van der Waals surface area contributed by atoms with E-state index in [0.29, 0.717) is 28.5 Å². The summed E-state index contributed by atoms with van der Waals surface area (Å²) >= 11 is 0. The van der Waals surface area contributed by atoms with E-state index in [1.54, 1.807) is 16.0 Å². The van der Waals surface area contributed by atoms with E-state index in [-0.39, 0.29) is 30.8 Å². The van der Waals surface area contributed by atoms with Crippen LogP contribution in [0.1, 0.15) is 52.9 Å². The Bertz CT molecular complexity index is 2290. The number of benzene rings is 4. The molecule has 0 N–H and O–H groups in total. The number of carbonyl (C=O) groups is 3. The Kier molecular flexibility index (Phi) is 8.78. The van der Waals surface area contributed by atoms with Gasteiger partial charge in [0.25, 0.3) is 0 Å². The predicted molar refractivity (Wildman–Crippen MR) is 203 cm³/mol. The molecular formula is C42H42N6O4. The normalized spacial score (nSPS) is 15.7. The summed E-state index contributed by atoms with van der Waals surface area (Å²) in [4.78, 5) is 46.7. The van der Waals surface area contributed by atoms with Crippen LogP contribution >= 0.6 is 0 Å². The van der Waals surface area contributed by atoms with Crippen LogP contribution in [-0.2, 0) is 26.2 Å².